The lowest BCUT2D eigenvalue weighted by atomic mass is 10.0. The second kappa shape index (κ2) is 11.2. The zero-order valence-corrected chi connectivity index (χ0v) is 19.9. The number of aliphatic hydroxyl groups excluding tert-OH is 1. The number of methoxy groups -OCH3 is 1. The van der Waals surface area contributed by atoms with Gasteiger partial charge in [0.2, 0.25) is 10.0 Å². The molecule has 1 fully saturated rings. The van der Waals surface area contributed by atoms with E-state index in [9.17, 15) is 13.5 Å². The van der Waals surface area contributed by atoms with Crippen LogP contribution in [0.25, 0.3) is 0 Å². The summed E-state index contributed by atoms with van der Waals surface area (Å²) in [5, 5.41) is 10.3. The average Bonchev–Trinajstić information content (AvgIpc) is 2.80. The maximum absolute atomic E-state index is 12.9. The van der Waals surface area contributed by atoms with Crippen molar-refractivity contribution >= 4 is 10.0 Å². The van der Waals surface area contributed by atoms with Gasteiger partial charge in [0.25, 0.3) is 0 Å². The fourth-order valence-corrected chi connectivity index (χ4v) is 5.13. The molecule has 7 nitrogen and oxygen atoms in total. The van der Waals surface area contributed by atoms with E-state index < -0.39 is 16.1 Å². The van der Waals surface area contributed by atoms with Crippen molar-refractivity contribution in [1.29, 1.82) is 0 Å². The monoisotopic (exact) mass is 462 g/mol. The van der Waals surface area contributed by atoms with E-state index in [1.165, 1.54) is 4.31 Å². The van der Waals surface area contributed by atoms with E-state index in [1.807, 2.05) is 36.4 Å². The van der Waals surface area contributed by atoms with Crippen molar-refractivity contribution in [2.24, 2.45) is 0 Å². The summed E-state index contributed by atoms with van der Waals surface area (Å²) in [5.41, 5.74) is 2.13. The zero-order valence-electron chi connectivity index (χ0n) is 19.1. The van der Waals surface area contributed by atoms with Crippen LogP contribution >= 0.6 is 0 Å². The van der Waals surface area contributed by atoms with Crippen molar-refractivity contribution in [3.8, 4) is 5.75 Å². The Hall–Kier alpha value is -1.97. The molecule has 0 unspecified atom stereocenters. The number of sulfonamides is 1. The Balaban J connectivity index is 1.42. The van der Waals surface area contributed by atoms with Gasteiger partial charge in [-0.15, -0.1) is 0 Å². The van der Waals surface area contributed by atoms with Gasteiger partial charge < -0.3 is 14.6 Å². The molecular formula is C24H34N2O5S. The highest BCUT2D eigenvalue weighted by Gasteiger charge is 2.29. The summed E-state index contributed by atoms with van der Waals surface area (Å²) < 4.78 is 38.2. The second-order valence-electron chi connectivity index (χ2n) is 8.45. The van der Waals surface area contributed by atoms with Gasteiger partial charge >= 0.3 is 0 Å². The predicted molar refractivity (Wildman–Crippen MR) is 124 cm³/mol. The number of hydrogen-bond donors (Lipinski definition) is 1. The highest BCUT2D eigenvalue weighted by molar-refractivity contribution is 7.89. The van der Waals surface area contributed by atoms with E-state index in [4.69, 9.17) is 9.47 Å². The van der Waals surface area contributed by atoms with E-state index in [0.29, 0.717) is 50.1 Å². The molecule has 1 heterocycles. The van der Waals surface area contributed by atoms with Crippen LogP contribution in [-0.2, 0) is 21.4 Å². The van der Waals surface area contributed by atoms with Gasteiger partial charge in [0.15, 0.2) is 0 Å². The Labute approximate surface area is 191 Å². The number of benzene rings is 2. The van der Waals surface area contributed by atoms with Gasteiger partial charge in [0.1, 0.15) is 5.75 Å². The van der Waals surface area contributed by atoms with Crippen LogP contribution in [0.3, 0.4) is 0 Å². The molecule has 176 valence electrons. The normalized spacial score (nSPS) is 16.9. The minimum absolute atomic E-state index is 0.229. The first kappa shape index (κ1) is 24.7. The molecule has 0 aromatic heterocycles. The highest BCUT2D eigenvalue weighted by Crippen LogP contribution is 2.21. The lowest BCUT2D eigenvalue weighted by molar-refractivity contribution is 0.00538. The molecule has 0 bridgehead atoms. The fraction of sp³-hybridized carbons (Fsp3) is 0.500. The van der Waals surface area contributed by atoms with Crippen LogP contribution in [0.4, 0.5) is 0 Å². The van der Waals surface area contributed by atoms with Gasteiger partial charge in [-0.2, -0.15) is 4.31 Å². The lowest BCUT2D eigenvalue weighted by Gasteiger charge is -2.34. The van der Waals surface area contributed by atoms with Gasteiger partial charge in [-0.05, 0) is 41.3 Å². The zero-order chi connectivity index (χ0) is 23.1. The van der Waals surface area contributed by atoms with Crippen molar-refractivity contribution in [2.75, 3.05) is 46.4 Å². The Morgan fingerprint density at radius 3 is 2.16 bits per heavy atom. The third-order valence-electron chi connectivity index (χ3n) is 5.72. The van der Waals surface area contributed by atoms with Crippen molar-refractivity contribution in [3.63, 3.8) is 0 Å². The SMILES string of the molecule is COc1ccc(COC[C@H](O)CN2CCN(S(=O)(=O)c3ccc(C(C)C)cc3)CC2)cc1. The maximum Gasteiger partial charge on any atom is 0.243 e. The largest absolute Gasteiger partial charge is 0.497 e. The summed E-state index contributed by atoms with van der Waals surface area (Å²) in [5.74, 6) is 1.16. The van der Waals surface area contributed by atoms with Crippen LogP contribution in [0, 0.1) is 0 Å². The van der Waals surface area contributed by atoms with E-state index >= 15 is 0 Å². The fourth-order valence-electron chi connectivity index (χ4n) is 3.71. The third kappa shape index (κ3) is 6.52. The van der Waals surface area contributed by atoms with Crippen LogP contribution in [-0.4, -0.2) is 75.3 Å². The van der Waals surface area contributed by atoms with Gasteiger partial charge in [-0.3, -0.25) is 4.90 Å². The third-order valence-corrected chi connectivity index (χ3v) is 7.64. The second-order valence-corrected chi connectivity index (χ2v) is 10.4. The molecule has 2 aromatic carbocycles. The molecule has 2 aromatic rings. The molecule has 0 amide bonds. The smallest absolute Gasteiger partial charge is 0.243 e. The van der Waals surface area contributed by atoms with Crippen molar-refractivity contribution in [2.45, 2.75) is 37.4 Å². The summed E-state index contributed by atoms with van der Waals surface area (Å²) in [6.07, 6.45) is -0.625. The first-order valence-electron chi connectivity index (χ1n) is 11.0. The summed E-state index contributed by atoms with van der Waals surface area (Å²) in [7, 11) is -1.87. The van der Waals surface area contributed by atoms with Gasteiger partial charge in [-0.25, -0.2) is 8.42 Å². The summed E-state index contributed by atoms with van der Waals surface area (Å²) in [6, 6.07) is 14.8. The van der Waals surface area contributed by atoms with E-state index in [2.05, 4.69) is 18.7 Å². The minimum Gasteiger partial charge on any atom is -0.497 e. The molecular weight excluding hydrogens is 428 g/mol. The van der Waals surface area contributed by atoms with E-state index in [1.54, 1.807) is 19.2 Å². The Bertz CT molecular complexity index is 937. The first-order valence-corrected chi connectivity index (χ1v) is 12.4. The van der Waals surface area contributed by atoms with E-state index in [0.717, 1.165) is 16.9 Å². The number of nitrogens with zero attached hydrogens (tertiary/aromatic N) is 2. The number of ether oxygens (including phenoxy) is 2. The summed E-state index contributed by atoms with van der Waals surface area (Å²) in [4.78, 5) is 2.41. The molecule has 1 N–H and O–H groups in total. The molecule has 1 aliphatic rings. The molecule has 32 heavy (non-hydrogen) atoms. The highest BCUT2D eigenvalue weighted by atomic mass is 32.2. The molecule has 1 aliphatic heterocycles. The Morgan fingerprint density at radius 2 is 1.59 bits per heavy atom. The van der Waals surface area contributed by atoms with Crippen LogP contribution in [0.1, 0.15) is 30.9 Å². The minimum atomic E-state index is -3.50. The molecule has 3 rings (SSSR count). The Morgan fingerprint density at radius 1 is 0.969 bits per heavy atom. The van der Waals surface area contributed by atoms with Crippen LogP contribution in [0.5, 0.6) is 5.75 Å². The number of β-amino-alcohol motifs (C(OH)–C–C–N with tert-alkyl or cyclic N) is 1. The predicted octanol–water partition coefficient (Wildman–Crippen LogP) is 2.70. The van der Waals surface area contributed by atoms with Gasteiger partial charge in [-0.1, -0.05) is 38.1 Å². The summed E-state index contributed by atoms with van der Waals surface area (Å²) >= 11 is 0. The quantitative estimate of drug-likeness (QED) is 0.585. The molecule has 8 heteroatoms. The van der Waals surface area contributed by atoms with Crippen LogP contribution < -0.4 is 4.74 Å². The van der Waals surface area contributed by atoms with Crippen molar-refractivity contribution in [3.05, 3.63) is 59.7 Å². The van der Waals surface area contributed by atoms with E-state index in [-0.39, 0.29) is 6.61 Å². The van der Waals surface area contributed by atoms with Crippen molar-refractivity contribution < 1.29 is 23.0 Å². The number of aliphatic hydroxyl groups is 1. The van der Waals surface area contributed by atoms with Crippen LogP contribution in [0.2, 0.25) is 0 Å². The molecule has 1 atom stereocenters. The number of piperazine rings is 1. The molecule has 0 radical (unpaired) electrons. The maximum atomic E-state index is 12.9. The Kier molecular flexibility index (Phi) is 8.67. The average molecular weight is 463 g/mol. The summed E-state index contributed by atoms with van der Waals surface area (Å²) in [6.45, 7) is 7.26. The number of rotatable bonds is 10. The van der Waals surface area contributed by atoms with Crippen molar-refractivity contribution in [1.82, 2.24) is 9.21 Å². The number of hydrogen-bond acceptors (Lipinski definition) is 6. The molecule has 1 saturated heterocycles. The van der Waals surface area contributed by atoms with Gasteiger partial charge in [0, 0.05) is 32.7 Å². The lowest BCUT2D eigenvalue weighted by Crippen LogP contribution is -2.50. The topological polar surface area (TPSA) is 79.3 Å². The van der Waals surface area contributed by atoms with Gasteiger partial charge in [0.05, 0.1) is 31.3 Å². The van der Waals surface area contributed by atoms with Crippen LogP contribution in [0.15, 0.2) is 53.4 Å². The molecule has 0 saturated carbocycles. The molecule has 0 aliphatic carbocycles. The molecule has 0 spiro atoms. The first-order chi connectivity index (χ1) is 15.3. The standard InChI is InChI=1S/C24H34N2O5S/c1-19(2)21-6-10-24(11-7-21)32(28,29)26-14-12-25(13-15-26)16-22(27)18-31-17-20-4-8-23(30-3)9-5-20/h4-11,19,22,27H,12-18H2,1-3H3/t22-/m1/s1.